The average Bonchev–Trinajstić information content (AvgIpc) is 3.51. The van der Waals surface area contributed by atoms with E-state index in [4.69, 9.17) is 0 Å². The molecule has 0 spiro atoms. The molecule has 0 aromatic heterocycles. The first-order valence-corrected chi connectivity index (χ1v) is 17.4. The lowest BCUT2D eigenvalue weighted by Gasteiger charge is -2.29. The van der Waals surface area contributed by atoms with Crippen molar-refractivity contribution in [1.29, 1.82) is 0 Å². The highest BCUT2D eigenvalue weighted by molar-refractivity contribution is 6.04. The summed E-state index contributed by atoms with van der Waals surface area (Å²) < 4.78 is 0. The molecule has 0 saturated heterocycles. The lowest BCUT2D eigenvalue weighted by molar-refractivity contribution is 0.639. The molecular formula is C48H39N. The van der Waals surface area contributed by atoms with Gasteiger partial charge >= 0.3 is 0 Å². The Labute approximate surface area is 290 Å². The lowest BCUT2D eigenvalue weighted by atomic mass is 9.76. The number of nitrogens with zero attached hydrogens (tertiary/aromatic N) is 1. The quantitative estimate of drug-likeness (QED) is 0.183. The fraction of sp³-hybridized carbons (Fsp3) is 0.125. The van der Waals surface area contributed by atoms with Crippen LogP contribution in [-0.4, -0.2) is 0 Å². The van der Waals surface area contributed by atoms with Crippen molar-refractivity contribution >= 4 is 17.1 Å². The van der Waals surface area contributed by atoms with Crippen LogP contribution in [0.2, 0.25) is 0 Å². The summed E-state index contributed by atoms with van der Waals surface area (Å²) in [5.74, 6) is 0. The number of benzene rings is 7. The number of para-hydroxylation sites is 1. The van der Waals surface area contributed by atoms with Crippen molar-refractivity contribution in [3.8, 4) is 44.5 Å². The molecule has 2 aliphatic rings. The maximum Gasteiger partial charge on any atom is 0.0467 e. The van der Waals surface area contributed by atoms with Gasteiger partial charge in [0.25, 0.3) is 0 Å². The Morgan fingerprint density at radius 1 is 0.327 bits per heavy atom. The van der Waals surface area contributed by atoms with Gasteiger partial charge in [-0.15, -0.1) is 0 Å². The van der Waals surface area contributed by atoms with Crippen molar-refractivity contribution in [2.45, 2.75) is 38.5 Å². The summed E-state index contributed by atoms with van der Waals surface area (Å²) in [5.41, 5.74) is 19.3. The molecule has 0 bridgehead atoms. The van der Waals surface area contributed by atoms with Crippen molar-refractivity contribution in [3.63, 3.8) is 0 Å². The van der Waals surface area contributed by atoms with E-state index in [9.17, 15) is 0 Å². The molecule has 0 saturated carbocycles. The minimum Gasteiger partial charge on any atom is -0.310 e. The second-order valence-electron chi connectivity index (χ2n) is 14.6. The third kappa shape index (κ3) is 4.46. The third-order valence-corrected chi connectivity index (χ3v) is 11.0. The van der Waals surface area contributed by atoms with Gasteiger partial charge in [0.2, 0.25) is 0 Å². The molecule has 9 rings (SSSR count). The zero-order valence-electron chi connectivity index (χ0n) is 28.5. The van der Waals surface area contributed by atoms with Crippen molar-refractivity contribution in [2.75, 3.05) is 4.90 Å². The first-order valence-electron chi connectivity index (χ1n) is 17.4. The second-order valence-corrected chi connectivity index (χ2v) is 14.6. The number of anilines is 3. The molecular weight excluding hydrogens is 591 g/mol. The Balaban J connectivity index is 1.28. The van der Waals surface area contributed by atoms with Crippen molar-refractivity contribution in [2.24, 2.45) is 0 Å². The first kappa shape index (κ1) is 29.5. The van der Waals surface area contributed by atoms with Crippen molar-refractivity contribution in [1.82, 2.24) is 0 Å². The van der Waals surface area contributed by atoms with Crippen molar-refractivity contribution < 1.29 is 0 Å². The zero-order chi connectivity index (χ0) is 33.3. The molecule has 0 aliphatic heterocycles. The fourth-order valence-corrected chi connectivity index (χ4v) is 8.54. The Bertz CT molecular complexity index is 2370. The summed E-state index contributed by atoms with van der Waals surface area (Å²) in [6, 6.07) is 60.2. The van der Waals surface area contributed by atoms with E-state index >= 15 is 0 Å². The van der Waals surface area contributed by atoms with E-state index in [1.807, 2.05) is 0 Å². The summed E-state index contributed by atoms with van der Waals surface area (Å²) in [6.45, 7) is 9.63. The van der Waals surface area contributed by atoms with Gasteiger partial charge in [-0.1, -0.05) is 155 Å². The molecule has 1 nitrogen and oxygen atoms in total. The molecule has 0 N–H and O–H groups in total. The van der Waals surface area contributed by atoms with Crippen LogP contribution in [0.5, 0.6) is 0 Å². The van der Waals surface area contributed by atoms with Crippen LogP contribution in [0.1, 0.15) is 49.9 Å². The SMILES string of the molecule is CC1(C)c2ccccc2-c2c1cc1c(c2-c2ccccc2)-c2ccc(N(c3ccccc3)c3cccc(-c4ccccc4)c3)cc2C1(C)C. The second kappa shape index (κ2) is 10.9. The van der Waals surface area contributed by atoms with Crippen LogP contribution in [0.3, 0.4) is 0 Å². The normalized spacial score (nSPS) is 14.4. The van der Waals surface area contributed by atoms with Gasteiger partial charge in [-0.05, 0) is 103 Å². The molecule has 236 valence electrons. The summed E-state index contributed by atoms with van der Waals surface area (Å²) in [7, 11) is 0. The Morgan fingerprint density at radius 2 is 0.837 bits per heavy atom. The molecule has 49 heavy (non-hydrogen) atoms. The minimum absolute atomic E-state index is 0.0889. The van der Waals surface area contributed by atoms with Gasteiger partial charge in [0, 0.05) is 27.9 Å². The van der Waals surface area contributed by atoms with Gasteiger partial charge in [-0.25, -0.2) is 0 Å². The highest BCUT2D eigenvalue weighted by atomic mass is 15.1. The van der Waals surface area contributed by atoms with E-state index in [0.717, 1.165) is 17.1 Å². The molecule has 0 radical (unpaired) electrons. The van der Waals surface area contributed by atoms with Crippen LogP contribution in [0.15, 0.2) is 164 Å². The van der Waals surface area contributed by atoms with E-state index in [2.05, 4.69) is 196 Å². The highest BCUT2D eigenvalue weighted by Crippen LogP contribution is 2.61. The molecule has 7 aromatic carbocycles. The molecule has 1 heteroatoms. The van der Waals surface area contributed by atoms with Gasteiger partial charge in [0.1, 0.15) is 0 Å². The number of rotatable bonds is 5. The van der Waals surface area contributed by atoms with Gasteiger partial charge < -0.3 is 4.90 Å². The monoisotopic (exact) mass is 629 g/mol. The van der Waals surface area contributed by atoms with Gasteiger partial charge in [-0.2, -0.15) is 0 Å². The average molecular weight is 630 g/mol. The Kier molecular flexibility index (Phi) is 6.58. The van der Waals surface area contributed by atoms with E-state index in [0.29, 0.717) is 0 Å². The predicted molar refractivity (Wildman–Crippen MR) is 207 cm³/mol. The first-order chi connectivity index (χ1) is 23.8. The third-order valence-electron chi connectivity index (χ3n) is 11.0. The maximum absolute atomic E-state index is 2.55. The topological polar surface area (TPSA) is 3.24 Å². The summed E-state index contributed by atoms with van der Waals surface area (Å²) in [5, 5.41) is 0. The van der Waals surface area contributed by atoms with E-state index in [-0.39, 0.29) is 10.8 Å². The lowest BCUT2D eigenvalue weighted by Crippen LogP contribution is -2.19. The van der Waals surface area contributed by atoms with Crippen LogP contribution in [-0.2, 0) is 10.8 Å². The van der Waals surface area contributed by atoms with Crippen LogP contribution in [0.25, 0.3) is 44.5 Å². The molecule has 0 amide bonds. The zero-order valence-corrected chi connectivity index (χ0v) is 28.5. The largest absolute Gasteiger partial charge is 0.310 e. The Hall–Kier alpha value is -5.66. The number of hydrogen-bond acceptors (Lipinski definition) is 1. The van der Waals surface area contributed by atoms with Gasteiger partial charge in [0.05, 0.1) is 0 Å². The van der Waals surface area contributed by atoms with Crippen LogP contribution in [0, 0.1) is 0 Å². The van der Waals surface area contributed by atoms with E-state index in [1.165, 1.54) is 66.8 Å². The smallest absolute Gasteiger partial charge is 0.0467 e. The van der Waals surface area contributed by atoms with E-state index in [1.54, 1.807) is 0 Å². The maximum atomic E-state index is 2.55. The number of hydrogen-bond donors (Lipinski definition) is 0. The highest BCUT2D eigenvalue weighted by Gasteiger charge is 2.44. The van der Waals surface area contributed by atoms with E-state index < -0.39 is 0 Å². The summed E-state index contributed by atoms with van der Waals surface area (Å²) >= 11 is 0. The molecule has 0 fully saturated rings. The van der Waals surface area contributed by atoms with Crippen molar-refractivity contribution in [3.05, 3.63) is 186 Å². The van der Waals surface area contributed by atoms with Crippen LogP contribution < -0.4 is 4.90 Å². The molecule has 0 atom stereocenters. The minimum atomic E-state index is -0.196. The Morgan fingerprint density at radius 3 is 1.53 bits per heavy atom. The molecule has 7 aromatic rings. The summed E-state index contributed by atoms with van der Waals surface area (Å²) in [4.78, 5) is 2.41. The molecule has 0 unspecified atom stereocenters. The van der Waals surface area contributed by atoms with Gasteiger partial charge in [0.15, 0.2) is 0 Å². The fourth-order valence-electron chi connectivity index (χ4n) is 8.54. The van der Waals surface area contributed by atoms with Crippen LogP contribution in [0.4, 0.5) is 17.1 Å². The standard InChI is InChI=1S/C48H39N/c1-47(2)40-26-15-14-25-38(40)45-42(47)31-43-46(44(45)33-19-10-6-11-20-33)39-28-27-37(30-41(39)48(43,3)4)49(35-22-12-7-13-23-35)36-24-16-21-34(29-36)32-17-8-5-9-18-32/h5-31H,1-4H3. The molecule has 0 heterocycles. The summed E-state index contributed by atoms with van der Waals surface area (Å²) in [6.07, 6.45) is 0. The van der Waals surface area contributed by atoms with Gasteiger partial charge in [-0.3, -0.25) is 0 Å². The predicted octanol–water partition coefficient (Wildman–Crippen LogP) is 13.1. The van der Waals surface area contributed by atoms with Crippen LogP contribution >= 0.6 is 0 Å². The molecule has 2 aliphatic carbocycles. The number of fused-ring (bicyclic) bond motifs is 6.